The standard InChI is InChI=1S/C3H9N.2C3H4O2/c1-3(2)4;2*1-2-3(4)5/h3H,4H2,1-2H3;2*2H,1H2,(H,4,5). The fourth-order valence-corrected chi connectivity index (χ4v) is 0. The minimum Gasteiger partial charge on any atom is -0.478 e. The molecule has 0 atom stereocenters. The van der Waals surface area contributed by atoms with Gasteiger partial charge in [0.1, 0.15) is 0 Å². The monoisotopic (exact) mass is 203 g/mol. The predicted molar refractivity (Wildman–Crippen MR) is 55.0 cm³/mol. The number of carboxylic acid groups (broad SMARTS) is 2. The summed E-state index contributed by atoms with van der Waals surface area (Å²) in [5, 5.41) is 15.2. The van der Waals surface area contributed by atoms with Crippen LogP contribution in [0.15, 0.2) is 25.3 Å². The minimum atomic E-state index is -0.981. The number of aliphatic carboxylic acids is 2. The largest absolute Gasteiger partial charge is 0.478 e. The van der Waals surface area contributed by atoms with Crippen molar-refractivity contribution in [2.75, 3.05) is 0 Å². The Balaban J connectivity index is -0.000000131. The Kier molecular flexibility index (Phi) is 18.1. The summed E-state index contributed by atoms with van der Waals surface area (Å²) in [6.07, 6.45) is 1.67. The Labute approximate surface area is 83.5 Å². The van der Waals surface area contributed by atoms with Crippen molar-refractivity contribution in [3.05, 3.63) is 25.3 Å². The number of carbonyl (C=O) groups is 2. The van der Waals surface area contributed by atoms with Crippen LogP contribution in [0.4, 0.5) is 0 Å². The van der Waals surface area contributed by atoms with Crippen LogP contribution in [0, 0.1) is 0 Å². The Bertz CT molecular complexity index is 166. The Morgan fingerprint density at radius 3 is 1.21 bits per heavy atom. The molecular weight excluding hydrogens is 186 g/mol. The quantitative estimate of drug-likeness (QED) is 0.578. The lowest BCUT2D eigenvalue weighted by molar-refractivity contribution is -0.132. The number of hydrogen-bond donors (Lipinski definition) is 3. The number of hydrogen-bond acceptors (Lipinski definition) is 3. The summed E-state index contributed by atoms with van der Waals surface area (Å²) in [5.41, 5.74) is 5.11. The molecule has 0 heterocycles. The lowest BCUT2D eigenvalue weighted by Crippen LogP contribution is -2.06. The van der Waals surface area contributed by atoms with Crippen molar-refractivity contribution in [2.24, 2.45) is 5.73 Å². The van der Waals surface area contributed by atoms with Gasteiger partial charge in [-0.15, -0.1) is 0 Å². The molecule has 0 aromatic rings. The van der Waals surface area contributed by atoms with E-state index in [0.717, 1.165) is 12.2 Å². The summed E-state index contributed by atoms with van der Waals surface area (Å²) in [5.74, 6) is -1.96. The lowest BCUT2D eigenvalue weighted by Gasteiger charge is -1.81. The molecule has 0 aromatic carbocycles. The molecule has 82 valence electrons. The van der Waals surface area contributed by atoms with Crippen molar-refractivity contribution in [2.45, 2.75) is 19.9 Å². The maximum Gasteiger partial charge on any atom is 0.327 e. The van der Waals surface area contributed by atoms with Gasteiger partial charge in [0.15, 0.2) is 0 Å². The van der Waals surface area contributed by atoms with Crippen LogP contribution in [-0.4, -0.2) is 28.2 Å². The zero-order chi connectivity index (χ0) is 12.1. The van der Waals surface area contributed by atoms with E-state index in [4.69, 9.17) is 15.9 Å². The van der Waals surface area contributed by atoms with Crippen LogP contribution in [0.25, 0.3) is 0 Å². The first-order valence-corrected chi connectivity index (χ1v) is 3.74. The van der Waals surface area contributed by atoms with Crippen molar-refractivity contribution in [1.29, 1.82) is 0 Å². The van der Waals surface area contributed by atoms with E-state index in [2.05, 4.69) is 13.2 Å². The first-order valence-electron chi connectivity index (χ1n) is 3.74. The summed E-state index contributed by atoms with van der Waals surface area (Å²) in [6, 6.07) is 0.333. The molecule has 5 nitrogen and oxygen atoms in total. The van der Waals surface area contributed by atoms with E-state index < -0.39 is 11.9 Å². The zero-order valence-electron chi connectivity index (χ0n) is 8.43. The molecule has 14 heavy (non-hydrogen) atoms. The Morgan fingerprint density at radius 1 is 1.14 bits per heavy atom. The Hall–Kier alpha value is -1.62. The van der Waals surface area contributed by atoms with Crippen molar-refractivity contribution in [3.63, 3.8) is 0 Å². The topological polar surface area (TPSA) is 101 Å². The third kappa shape index (κ3) is 161. The molecule has 0 aromatic heterocycles. The molecule has 0 bridgehead atoms. The van der Waals surface area contributed by atoms with Gasteiger partial charge >= 0.3 is 11.9 Å². The maximum atomic E-state index is 9.25. The van der Waals surface area contributed by atoms with Crippen LogP contribution < -0.4 is 5.73 Å². The summed E-state index contributed by atoms with van der Waals surface area (Å²) in [4.78, 5) is 18.5. The number of carboxylic acids is 2. The average molecular weight is 203 g/mol. The summed E-state index contributed by atoms with van der Waals surface area (Å²) >= 11 is 0. The highest BCUT2D eigenvalue weighted by atomic mass is 16.4. The fourth-order valence-electron chi connectivity index (χ4n) is 0. The van der Waals surface area contributed by atoms with Gasteiger partial charge in [-0.1, -0.05) is 27.0 Å². The predicted octanol–water partition coefficient (Wildman–Crippen LogP) is 0.867. The molecule has 0 aliphatic carbocycles. The van der Waals surface area contributed by atoms with Crippen molar-refractivity contribution < 1.29 is 19.8 Å². The van der Waals surface area contributed by atoms with E-state index in [1.165, 1.54) is 0 Å². The van der Waals surface area contributed by atoms with E-state index in [0.29, 0.717) is 6.04 Å². The first kappa shape index (κ1) is 18.2. The molecule has 0 spiro atoms. The molecule has 0 aliphatic heterocycles. The highest BCUT2D eigenvalue weighted by Crippen LogP contribution is 1.58. The van der Waals surface area contributed by atoms with Crippen LogP contribution in [-0.2, 0) is 9.59 Å². The van der Waals surface area contributed by atoms with Gasteiger partial charge in [-0.2, -0.15) is 0 Å². The molecular formula is C9H17NO4. The van der Waals surface area contributed by atoms with Crippen LogP contribution in [0.5, 0.6) is 0 Å². The molecule has 0 unspecified atom stereocenters. The minimum absolute atomic E-state index is 0.333. The maximum absolute atomic E-state index is 9.25. The highest BCUT2D eigenvalue weighted by molar-refractivity contribution is 5.79. The van der Waals surface area contributed by atoms with Crippen LogP contribution in [0.2, 0.25) is 0 Å². The molecule has 0 radical (unpaired) electrons. The van der Waals surface area contributed by atoms with Crippen LogP contribution >= 0.6 is 0 Å². The molecule has 0 saturated carbocycles. The average Bonchev–Trinajstić information content (AvgIpc) is 2.04. The normalized spacial score (nSPS) is 7.14. The number of rotatable bonds is 2. The second kappa shape index (κ2) is 13.9. The summed E-state index contributed by atoms with van der Waals surface area (Å²) in [7, 11) is 0. The third-order valence-electron chi connectivity index (χ3n) is 0.349. The van der Waals surface area contributed by atoms with Crippen LogP contribution in [0.1, 0.15) is 13.8 Å². The smallest absolute Gasteiger partial charge is 0.327 e. The number of nitrogens with two attached hydrogens (primary N) is 1. The van der Waals surface area contributed by atoms with Crippen molar-refractivity contribution in [3.8, 4) is 0 Å². The van der Waals surface area contributed by atoms with Crippen LogP contribution in [0.3, 0.4) is 0 Å². The first-order chi connectivity index (χ1) is 6.27. The van der Waals surface area contributed by atoms with Gasteiger partial charge in [0, 0.05) is 12.2 Å². The van der Waals surface area contributed by atoms with E-state index in [1.807, 2.05) is 13.8 Å². The van der Waals surface area contributed by atoms with E-state index in [1.54, 1.807) is 0 Å². The van der Waals surface area contributed by atoms with E-state index >= 15 is 0 Å². The summed E-state index contributed by atoms with van der Waals surface area (Å²) in [6.45, 7) is 9.81. The van der Waals surface area contributed by atoms with E-state index in [9.17, 15) is 9.59 Å². The third-order valence-corrected chi connectivity index (χ3v) is 0.349. The molecule has 5 heteroatoms. The van der Waals surface area contributed by atoms with Gasteiger partial charge in [-0.25, -0.2) is 9.59 Å². The molecule has 4 N–H and O–H groups in total. The van der Waals surface area contributed by atoms with Gasteiger partial charge in [0.05, 0.1) is 0 Å². The molecule has 0 amide bonds. The van der Waals surface area contributed by atoms with Crippen molar-refractivity contribution >= 4 is 11.9 Å². The van der Waals surface area contributed by atoms with Gasteiger partial charge in [0.25, 0.3) is 0 Å². The Morgan fingerprint density at radius 2 is 1.21 bits per heavy atom. The van der Waals surface area contributed by atoms with E-state index in [-0.39, 0.29) is 0 Å². The van der Waals surface area contributed by atoms with Gasteiger partial charge in [-0.3, -0.25) is 0 Å². The second-order valence-corrected chi connectivity index (χ2v) is 2.33. The molecule has 0 aliphatic rings. The molecule has 0 rings (SSSR count). The van der Waals surface area contributed by atoms with Gasteiger partial charge < -0.3 is 15.9 Å². The molecule has 0 fully saturated rings. The second-order valence-electron chi connectivity index (χ2n) is 2.33. The van der Waals surface area contributed by atoms with Gasteiger partial charge in [0.2, 0.25) is 0 Å². The summed E-state index contributed by atoms with van der Waals surface area (Å²) < 4.78 is 0. The van der Waals surface area contributed by atoms with Gasteiger partial charge in [-0.05, 0) is 6.04 Å². The highest BCUT2D eigenvalue weighted by Gasteiger charge is 1.73. The SMILES string of the molecule is C=CC(=O)O.C=CC(=O)O.CC(C)N. The molecule has 0 saturated heterocycles. The lowest BCUT2D eigenvalue weighted by atomic mass is 10.5. The zero-order valence-corrected chi connectivity index (χ0v) is 8.43. The van der Waals surface area contributed by atoms with Crippen molar-refractivity contribution in [1.82, 2.24) is 0 Å². The fraction of sp³-hybridized carbons (Fsp3) is 0.333.